The Kier molecular flexibility index (Phi) is 5.97. The van der Waals surface area contributed by atoms with Crippen LogP contribution in [0.15, 0.2) is 66.7 Å². The van der Waals surface area contributed by atoms with E-state index in [1.165, 1.54) is 9.75 Å². The Bertz CT molecular complexity index is 952. The molecule has 1 N–H and O–H groups in total. The van der Waals surface area contributed by atoms with Crippen LogP contribution in [0.1, 0.15) is 39.8 Å². The Morgan fingerprint density at radius 1 is 1.14 bits per heavy atom. The van der Waals surface area contributed by atoms with Gasteiger partial charge < -0.3 is 9.84 Å². The predicted molar refractivity (Wildman–Crippen MR) is 115 cm³/mol. The van der Waals surface area contributed by atoms with Crippen LogP contribution in [0.3, 0.4) is 0 Å². The van der Waals surface area contributed by atoms with Gasteiger partial charge in [0.1, 0.15) is 18.4 Å². The Morgan fingerprint density at radius 3 is 2.55 bits per heavy atom. The van der Waals surface area contributed by atoms with E-state index < -0.39 is 12.0 Å². The first kappa shape index (κ1) is 19.7. The molecule has 0 spiro atoms. The van der Waals surface area contributed by atoms with Gasteiger partial charge in [0, 0.05) is 16.3 Å². The fraction of sp³-hybridized carbons (Fsp3) is 0.292. The van der Waals surface area contributed by atoms with Crippen LogP contribution in [0.2, 0.25) is 0 Å². The van der Waals surface area contributed by atoms with Crippen molar-refractivity contribution in [3.8, 4) is 5.75 Å². The number of aryl methyl sites for hydroxylation is 1. The summed E-state index contributed by atoms with van der Waals surface area (Å²) < 4.78 is 5.92. The van der Waals surface area contributed by atoms with Crippen molar-refractivity contribution < 1.29 is 14.6 Å². The van der Waals surface area contributed by atoms with Gasteiger partial charge in [-0.1, -0.05) is 42.5 Å². The summed E-state index contributed by atoms with van der Waals surface area (Å²) in [5.41, 5.74) is 2.23. The molecule has 4 nitrogen and oxygen atoms in total. The average Bonchev–Trinajstić information content (AvgIpc) is 3.38. The zero-order valence-corrected chi connectivity index (χ0v) is 17.3. The Balaban J connectivity index is 1.57. The van der Waals surface area contributed by atoms with E-state index in [2.05, 4.69) is 36.1 Å². The lowest BCUT2D eigenvalue weighted by Crippen LogP contribution is -2.38. The molecule has 1 aromatic heterocycles. The quantitative estimate of drug-likeness (QED) is 0.579. The van der Waals surface area contributed by atoms with Crippen LogP contribution < -0.4 is 4.74 Å². The maximum atomic E-state index is 11.8. The van der Waals surface area contributed by atoms with Gasteiger partial charge >= 0.3 is 5.97 Å². The van der Waals surface area contributed by atoms with Gasteiger partial charge in [0.15, 0.2) is 0 Å². The third-order valence-corrected chi connectivity index (χ3v) is 6.44. The number of aliphatic carboxylic acids is 1. The van der Waals surface area contributed by atoms with Crippen LogP contribution in [0.4, 0.5) is 0 Å². The molecular weight excluding hydrogens is 382 g/mol. The minimum absolute atomic E-state index is 0.0412. The molecule has 2 heterocycles. The number of hydrogen-bond acceptors (Lipinski definition) is 4. The second-order valence-electron chi connectivity index (χ2n) is 7.43. The van der Waals surface area contributed by atoms with Crippen molar-refractivity contribution in [3.05, 3.63) is 87.6 Å². The number of hydrogen-bond donors (Lipinski definition) is 1. The lowest BCUT2D eigenvalue weighted by atomic mass is 10.0. The summed E-state index contributed by atoms with van der Waals surface area (Å²) in [6.45, 7) is 3.41. The van der Waals surface area contributed by atoms with Crippen LogP contribution in [-0.2, 0) is 11.4 Å². The summed E-state index contributed by atoms with van der Waals surface area (Å²) in [6, 6.07) is 22.0. The molecule has 4 rings (SSSR count). The van der Waals surface area contributed by atoms with Gasteiger partial charge in [0.25, 0.3) is 0 Å². The van der Waals surface area contributed by atoms with Crippen molar-refractivity contribution in [2.45, 2.75) is 38.5 Å². The van der Waals surface area contributed by atoms with Crippen LogP contribution in [0, 0.1) is 6.92 Å². The van der Waals surface area contributed by atoms with Crippen molar-refractivity contribution in [1.29, 1.82) is 0 Å². The Hall–Kier alpha value is -2.63. The van der Waals surface area contributed by atoms with Gasteiger partial charge in [-0.05, 0) is 55.2 Å². The third-order valence-electron chi connectivity index (χ3n) is 5.39. The minimum atomic E-state index is -0.733. The normalized spacial score (nSPS) is 17.9. The van der Waals surface area contributed by atoms with Gasteiger partial charge in [-0.2, -0.15) is 0 Å². The highest BCUT2D eigenvalue weighted by Crippen LogP contribution is 2.38. The second kappa shape index (κ2) is 8.80. The van der Waals surface area contributed by atoms with E-state index in [4.69, 9.17) is 4.74 Å². The van der Waals surface area contributed by atoms with Crippen molar-refractivity contribution >= 4 is 17.3 Å². The van der Waals surface area contributed by atoms with E-state index in [0.717, 1.165) is 29.8 Å². The molecule has 29 heavy (non-hydrogen) atoms. The molecule has 0 radical (unpaired) electrons. The number of rotatable bonds is 7. The van der Waals surface area contributed by atoms with E-state index in [1.54, 1.807) is 11.3 Å². The topological polar surface area (TPSA) is 49.8 Å². The van der Waals surface area contributed by atoms with Crippen molar-refractivity contribution in [3.63, 3.8) is 0 Å². The first-order valence-corrected chi connectivity index (χ1v) is 10.7. The summed E-state index contributed by atoms with van der Waals surface area (Å²) in [5.74, 6) is 0.0820. The molecule has 0 saturated carbocycles. The molecule has 150 valence electrons. The molecule has 2 atom stereocenters. The smallest absolute Gasteiger partial charge is 0.320 e. The van der Waals surface area contributed by atoms with Gasteiger partial charge in [-0.25, -0.2) is 0 Å². The van der Waals surface area contributed by atoms with Crippen LogP contribution in [0.5, 0.6) is 5.75 Å². The van der Waals surface area contributed by atoms with Crippen molar-refractivity contribution in [1.82, 2.24) is 4.90 Å². The highest BCUT2D eigenvalue weighted by molar-refractivity contribution is 7.12. The van der Waals surface area contributed by atoms with E-state index in [-0.39, 0.29) is 6.04 Å². The van der Waals surface area contributed by atoms with Gasteiger partial charge in [-0.3, -0.25) is 9.69 Å². The summed E-state index contributed by atoms with van der Waals surface area (Å²) in [5, 5.41) is 9.70. The SMILES string of the molecule is Cc1ccc(C(c2ccc(OCc3ccccc3)cc2)N2CCCC2C(=O)O)s1. The minimum Gasteiger partial charge on any atom is -0.489 e. The summed E-state index contributed by atoms with van der Waals surface area (Å²) in [7, 11) is 0. The lowest BCUT2D eigenvalue weighted by Gasteiger charge is -2.31. The number of carboxylic acid groups (broad SMARTS) is 1. The molecule has 1 saturated heterocycles. The molecular formula is C24H25NO3S. The standard InChI is InChI=1S/C24H25NO3S/c1-17-9-14-22(29-17)23(25-15-5-8-21(25)24(26)27)19-10-12-20(13-11-19)28-16-18-6-3-2-4-7-18/h2-4,6-7,9-14,21,23H,5,8,15-16H2,1H3,(H,26,27). The third kappa shape index (κ3) is 4.52. The van der Waals surface area contributed by atoms with Gasteiger partial charge in [0.2, 0.25) is 0 Å². The highest BCUT2D eigenvalue weighted by atomic mass is 32.1. The number of thiophene rings is 1. The molecule has 0 aliphatic carbocycles. The van der Waals surface area contributed by atoms with E-state index in [9.17, 15) is 9.90 Å². The average molecular weight is 408 g/mol. The fourth-order valence-electron chi connectivity index (χ4n) is 3.97. The van der Waals surface area contributed by atoms with Crippen LogP contribution in [0.25, 0.3) is 0 Å². The molecule has 1 aliphatic heterocycles. The maximum Gasteiger partial charge on any atom is 0.320 e. The first-order valence-electron chi connectivity index (χ1n) is 9.93. The first-order chi connectivity index (χ1) is 14.1. The van der Waals surface area contributed by atoms with E-state index in [1.807, 2.05) is 42.5 Å². The molecule has 2 aromatic carbocycles. The second-order valence-corrected chi connectivity index (χ2v) is 8.75. The number of carbonyl (C=O) groups is 1. The molecule has 5 heteroatoms. The number of likely N-dealkylation sites (tertiary alicyclic amines) is 1. The van der Waals surface area contributed by atoms with Crippen molar-refractivity contribution in [2.75, 3.05) is 6.54 Å². The van der Waals surface area contributed by atoms with Crippen LogP contribution >= 0.6 is 11.3 Å². The van der Waals surface area contributed by atoms with Crippen LogP contribution in [-0.4, -0.2) is 28.6 Å². The number of nitrogens with zero attached hydrogens (tertiary/aromatic N) is 1. The molecule has 1 aliphatic rings. The summed E-state index contributed by atoms with van der Waals surface area (Å²) in [6.07, 6.45) is 1.62. The lowest BCUT2D eigenvalue weighted by molar-refractivity contribution is -0.142. The van der Waals surface area contributed by atoms with Gasteiger partial charge in [0.05, 0.1) is 6.04 Å². The predicted octanol–water partition coefficient (Wildman–Crippen LogP) is 5.27. The maximum absolute atomic E-state index is 11.8. The number of benzene rings is 2. The monoisotopic (exact) mass is 407 g/mol. The Labute approximate surface area is 175 Å². The zero-order chi connectivity index (χ0) is 20.2. The molecule has 2 unspecified atom stereocenters. The molecule has 1 fully saturated rings. The molecule has 0 bridgehead atoms. The molecule has 0 amide bonds. The van der Waals surface area contributed by atoms with Crippen molar-refractivity contribution in [2.24, 2.45) is 0 Å². The van der Waals surface area contributed by atoms with E-state index in [0.29, 0.717) is 13.0 Å². The largest absolute Gasteiger partial charge is 0.489 e. The number of carboxylic acids is 1. The highest BCUT2D eigenvalue weighted by Gasteiger charge is 2.37. The Morgan fingerprint density at radius 2 is 1.90 bits per heavy atom. The molecule has 3 aromatic rings. The number of ether oxygens (including phenoxy) is 1. The van der Waals surface area contributed by atoms with E-state index >= 15 is 0 Å². The fourth-order valence-corrected chi connectivity index (χ4v) is 5.00. The summed E-state index contributed by atoms with van der Waals surface area (Å²) in [4.78, 5) is 16.4. The van der Waals surface area contributed by atoms with Gasteiger partial charge in [-0.15, -0.1) is 11.3 Å². The zero-order valence-electron chi connectivity index (χ0n) is 16.5. The summed E-state index contributed by atoms with van der Waals surface area (Å²) >= 11 is 1.74.